The molecule has 0 amide bonds. The zero-order chi connectivity index (χ0) is 37.0. The first-order chi connectivity index (χ1) is 27.8. The van der Waals surface area contributed by atoms with Gasteiger partial charge in [-0.1, -0.05) is 127 Å². The van der Waals surface area contributed by atoms with Gasteiger partial charge in [-0.3, -0.25) is 4.57 Å². The highest BCUT2D eigenvalue weighted by molar-refractivity contribution is 6.23. The molecule has 9 nitrogen and oxygen atoms in total. The molecule has 0 unspecified atom stereocenters. The highest BCUT2D eigenvalue weighted by atomic mass is 15.2. The monoisotopic (exact) mass is 719 g/mol. The molecule has 0 bridgehead atoms. The van der Waals surface area contributed by atoms with E-state index in [2.05, 4.69) is 94.1 Å². The lowest BCUT2D eigenvalue weighted by Gasteiger charge is -2.13. The quantitative estimate of drug-likeness (QED) is 0.169. The van der Waals surface area contributed by atoms with Crippen molar-refractivity contribution in [2.75, 3.05) is 0 Å². The Kier molecular flexibility index (Phi) is 7.27. The minimum absolute atomic E-state index is 0.429. The van der Waals surface area contributed by atoms with E-state index in [1.54, 1.807) is 24.8 Å². The van der Waals surface area contributed by atoms with Gasteiger partial charge in [-0.25, -0.2) is 24.9 Å². The van der Waals surface area contributed by atoms with Crippen molar-refractivity contribution >= 4 is 43.6 Å². The van der Waals surface area contributed by atoms with Crippen LogP contribution >= 0.6 is 0 Å². The first kappa shape index (κ1) is 31.6. The molecule has 5 aromatic heterocycles. The summed E-state index contributed by atoms with van der Waals surface area (Å²) in [5.41, 5.74) is 8.34. The SMILES string of the molecule is c1ccc(-c2ncc(-c3nc(-c4cnc(-c5ccccc5)nc4)nc(-n4c5ccccc5c5ccc6c7ccccc7n(-c7ccccc7)c6c54)n3)cn2)cc1. The van der Waals surface area contributed by atoms with Gasteiger partial charge in [-0.05, 0) is 24.3 Å². The summed E-state index contributed by atoms with van der Waals surface area (Å²) in [6.45, 7) is 0. The van der Waals surface area contributed by atoms with Gasteiger partial charge in [-0.2, -0.15) is 9.97 Å². The lowest BCUT2D eigenvalue weighted by Crippen LogP contribution is -2.08. The van der Waals surface area contributed by atoms with Gasteiger partial charge in [-0.15, -0.1) is 0 Å². The van der Waals surface area contributed by atoms with Gasteiger partial charge in [0.2, 0.25) is 5.95 Å². The average Bonchev–Trinajstić information content (AvgIpc) is 3.80. The number of nitrogens with zero attached hydrogens (tertiary/aromatic N) is 9. The summed E-state index contributed by atoms with van der Waals surface area (Å²) in [7, 11) is 0. The zero-order valence-corrected chi connectivity index (χ0v) is 29.8. The number of para-hydroxylation sites is 3. The van der Waals surface area contributed by atoms with Crippen molar-refractivity contribution in [1.29, 1.82) is 0 Å². The Morgan fingerprint density at radius 2 is 0.714 bits per heavy atom. The fraction of sp³-hybridized carbons (Fsp3) is 0. The van der Waals surface area contributed by atoms with Gasteiger partial charge in [0, 0.05) is 63.1 Å². The van der Waals surface area contributed by atoms with Crippen molar-refractivity contribution in [1.82, 2.24) is 44.0 Å². The Bertz CT molecular complexity index is 3110. The largest absolute Gasteiger partial charge is 0.307 e. The lowest BCUT2D eigenvalue weighted by molar-refractivity contribution is 0.948. The molecule has 0 radical (unpaired) electrons. The van der Waals surface area contributed by atoms with Crippen molar-refractivity contribution < 1.29 is 0 Å². The average molecular weight is 720 g/mol. The molecule has 0 spiro atoms. The van der Waals surface area contributed by atoms with Crippen molar-refractivity contribution in [2.45, 2.75) is 0 Å². The van der Waals surface area contributed by atoms with Crippen LogP contribution in [-0.2, 0) is 0 Å². The summed E-state index contributed by atoms with van der Waals surface area (Å²) in [5, 5.41) is 4.46. The molecular formula is C47H29N9. The van der Waals surface area contributed by atoms with Crippen LogP contribution in [0.5, 0.6) is 0 Å². The summed E-state index contributed by atoms with van der Waals surface area (Å²) in [4.78, 5) is 34.4. The van der Waals surface area contributed by atoms with Crippen LogP contribution in [0.3, 0.4) is 0 Å². The van der Waals surface area contributed by atoms with Crippen molar-refractivity contribution in [3.63, 3.8) is 0 Å². The van der Waals surface area contributed by atoms with Gasteiger partial charge in [0.05, 0.1) is 33.2 Å². The third kappa shape index (κ3) is 5.13. The van der Waals surface area contributed by atoms with Gasteiger partial charge >= 0.3 is 0 Å². The number of fused-ring (bicyclic) bond motifs is 7. The normalized spacial score (nSPS) is 11.6. The van der Waals surface area contributed by atoms with E-state index in [0.717, 1.165) is 60.4 Å². The first-order valence-corrected chi connectivity index (χ1v) is 18.3. The summed E-state index contributed by atoms with van der Waals surface area (Å²) in [5.74, 6) is 2.55. The number of rotatable bonds is 6. The molecular weight excluding hydrogens is 691 g/mol. The van der Waals surface area contributed by atoms with Crippen molar-refractivity contribution in [3.05, 3.63) is 176 Å². The molecule has 9 heteroatoms. The molecule has 0 atom stereocenters. The molecule has 0 saturated carbocycles. The number of hydrogen-bond donors (Lipinski definition) is 0. The third-order valence-electron chi connectivity index (χ3n) is 10.2. The third-order valence-corrected chi connectivity index (χ3v) is 10.2. The van der Waals surface area contributed by atoms with E-state index in [1.165, 1.54) is 0 Å². The molecule has 6 aromatic carbocycles. The van der Waals surface area contributed by atoms with Crippen molar-refractivity contribution in [3.8, 4) is 57.2 Å². The zero-order valence-electron chi connectivity index (χ0n) is 29.8. The van der Waals surface area contributed by atoms with Gasteiger partial charge in [0.25, 0.3) is 0 Å². The first-order valence-electron chi connectivity index (χ1n) is 18.3. The molecule has 0 aliphatic heterocycles. The fourth-order valence-corrected chi connectivity index (χ4v) is 7.64. The molecule has 262 valence electrons. The van der Waals surface area contributed by atoms with Crippen LogP contribution in [0.4, 0.5) is 0 Å². The molecule has 0 N–H and O–H groups in total. The van der Waals surface area contributed by atoms with Crippen molar-refractivity contribution in [2.24, 2.45) is 0 Å². The van der Waals surface area contributed by atoms with Crippen LogP contribution in [0.15, 0.2) is 176 Å². The second kappa shape index (κ2) is 12.9. The molecule has 0 saturated heterocycles. The van der Waals surface area contributed by atoms with Gasteiger partial charge in [0.1, 0.15) is 0 Å². The molecule has 11 aromatic rings. The van der Waals surface area contributed by atoms with Gasteiger partial charge in [0.15, 0.2) is 23.3 Å². The molecule has 0 aliphatic rings. The Balaban J connectivity index is 1.20. The van der Waals surface area contributed by atoms with E-state index in [1.807, 2.05) is 66.7 Å². The van der Waals surface area contributed by atoms with Crippen LogP contribution in [0.25, 0.3) is 101 Å². The van der Waals surface area contributed by atoms with Crippen LogP contribution in [0.1, 0.15) is 0 Å². The predicted molar refractivity (Wildman–Crippen MR) is 221 cm³/mol. The molecule has 0 aliphatic carbocycles. The summed E-state index contributed by atoms with van der Waals surface area (Å²) < 4.78 is 4.51. The Morgan fingerprint density at radius 1 is 0.304 bits per heavy atom. The van der Waals surface area contributed by atoms with E-state index >= 15 is 0 Å². The highest BCUT2D eigenvalue weighted by Gasteiger charge is 2.23. The molecule has 56 heavy (non-hydrogen) atoms. The summed E-state index contributed by atoms with van der Waals surface area (Å²) >= 11 is 0. The van der Waals surface area contributed by atoms with Crippen LogP contribution < -0.4 is 0 Å². The second-order valence-corrected chi connectivity index (χ2v) is 13.5. The Labute approximate surface area is 320 Å². The molecule has 11 rings (SSSR count). The molecule has 5 heterocycles. The summed E-state index contributed by atoms with van der Waals surface area (Å²) in [6.07, 6.45) is 7.07. The van der Waals surface area contributed by atoms with Crippen LogP contribution in [0, 0.1) is 0 Å². The van der Waals surface area contributed by atoms with E-state index in [-0.39, 0.29) is 0 Å². The summed E-state index contributed by atoms with van der Waals surface area (Å²) in [6, 6.07) is 51.7. The number of aromatic nitrogens is 9. The molecule has 0 fully saturated rings. The minimum Gasteiger partial charge on any atom is -0.307 e. The second-order valence-electron chi connectivity index (χ2n) is 13.5. The van der Waals surface area contributed by atoms with Crippen LogP contribution in [0.2, 0.25) is 0 Å². The topological polar surface area (TPSA) is 100 Å². The maximum atomic E-state index is 5.21. The van der Waals surface area contributed by atoms with Gasteiger partial charge < -0.3 is 4.57 Å². The van der Waals surface area contributed by atoms with E-state index in [0.29, 0.717) is 40.4 Å². The number of benzene rings is 6. The highest BCUT2D eigenvalue weighted by Crippen LogP contribution is 2.41. The maximum absolute atomic E-state index is 5.21. The predicted octanol–water partition coefficient (Wildman–Crippen LogP) is 10.3. The lowest BCUT2D eigenvalue weighted by atomic mass is 10.1. The number of hydrogen-bond acceptors (Lipinski definition) is 7. The van der Waals surface area contributed by atoms with E-state index < -0.39 is 0 Å². The minimum atomic E-state index is 0.429. The van der Waals surface area contributed by atoms with E-state index in [9.17, 15) is 0 Å². The van der Waals surface area contributed by atoms with E-state index in [4.69, 9.17) is 34.9 Å². The maximum Gasteiger partial charge on any atom is 0.238 e. The van der Waals surface area contributed by atoms with Crippen LogP contribution in [-0.4, -0.2) is 44.0 Å². The fourth-order valence-electron chi connectivity index (χ4n) is 7.64. The smallest absolute Gasteiger partial charge is 0.238 e. The Hall–Kier alpha value is -7.91. The Morgan fingerprint density at radius 3 is 1.21 bits per heavy atom. The standard InChI is InChI=1S/C47H29N9/c1-4-14-30(15-5-1)43-48-26-32(27-49-43)45-52-46(33-28-50-44(51-29-33)31-16-6-2-7-17-31)54-47(53-45)56-40-23-13-11-21-36(40)38-25-24-37-35-20-10-12-22-39(35)55(41(37)42(38)56)34-18-8-3-9-19-34/h1-29H.